The molecule has 61 valence electrons. The van der Waals surface area contributed by atoms with Crippen molar-refractivity contribution in [2.75, 3.05) is 0 Å². The molecule has 0 aliphatic rings. The van der Waals surface area contributed by atoms with Gasteiger partial charge in [-0.2, -0.15) is 0 Å². The number of nitrogens with zero attached hydrogens (tertiary/aromatic N) is 1. The Balaban J connectivity index is 2.81. The molecule has 1 rings (SSSR count). The van der Waals surface area contributed by atoms with Gasteiger partial charge in [0.1, 0.15) is 6.26 Å². The molecule has 0 spiro atoms. The maximum absolute atomic E-state index is 10.6. The van der Waals surface area contributed by atoms with E-state index >= 15 is 0 Å². The van der Waals surface area contributed by atoms with Crippen molar-refractivity contribution < 1.29 is 12.8 Å². The van der Waals surface area contributed by atoms with Crippen LogP contribution in [0.15, 0.2) is 10.7 Å². The quantitative estimate of drug-likeness (QED) is 0.661. The van der Waals surface area contributed by atoms with Crippen molar-refractivity contribution in [3.8, 4) is 0 Å². The van der Waals surface area contributed by atoms with E-state index in [0.717, 1.165) is 0 Å². The molecule has 0 saturated carbocycles. The third-order valence-electron chi connectivity index (χ3n) is 1.03. The van der Waals surface area contributed by atoms with Crippen LogP contribution in [-0.2, 0) is 15.6 Å². The SMILES string of the molecule is [CH2]S(=O)(=O)Cc1coc(C)n1. The summed E-state index contributed by atoms with van der Waals surface area (Å²) in [5.74, 6) is 0.299. The molecule has 1 radical (unpaired) electrons. The molecule has 0 aromatic carbocycles. The molecule has 0 atom stereocenters. The molecular weight excluding hydrogens is 166 g/mol. The van der Waals surface area contributed by atoms with Crippen LogP contribution in [0.2, 0.25) is 0 Å². The number of oxazole rings is 1. The molecule has 0 saturated heterocycles. The van der Waals surface area contributed by atoms with Crippen molar-refractivity contribution in [1.82, 2.24) is 4.98 Å². The van der Waals surface area contributed by atoms with E-state index in [-0.39, 0.29) is 5.75 Å². The predicted octanol–water partition coefficient (Wildman–Crippen LogP) is 0.689. The maximum atomic E-state index is 10.6. The van der Waals surface area contributed by atoms with Crippen LogP contribution in [0.3, 0.4) is 0 Å². The number of sulfone groups is 1. The van der Waals surface area contributed by atoms with Gasteiger partial charge >= 0.3 is 0 Å². The van der Waals surface area contributed by atoms with Crippen LogP contribution in [0.5, 0.6) is 0 Å². The van der Waals surface area contributed by atoms with Crippen LogP contribution < -0.4 is 0 Å². The Bertz CT molecular complexity index is 338. The van der Waals surface area contributed by atoms with E-state index in [4.69, 9.17) is 4.42 Å². The Morgan fingerprint density at radius 2 is 2.36 bits per heavy atom. The summed E-state index contributed by atoms with van der Waals surface area (Å²) in [5.41, 5.74) is 0.400. The van der Waals surface area contributed by atoms with Gasteiger partial charge in [0.15, 0.2) is 15.7 Å². The predicted molar refractivity (Wildman–Crippen MR) is 39.2 cm³/mol. The lowest BCUT2D eigenvalue weighted by Crippen LogP contribution is -1.98. The second-order valence-corrected chi connectivity index (χ2v) is 4.02. The summed E-state index contributed by atoms with van der Waals surface area (Å²) >= 11 is 0. The smallest absolute Gasteiger partial charge is 0.191 e. The average molecular weight is 174 g/mol. The van der Waals surface area contributed by atoms with Crippen molar-refractivity contribution in [2.45, 2.75) is 12.7 Å². The molecule has 5 heteroatoms. The zero-order valence-corrected chi connectivity index (χ0v) is 6.89. The molecule has 0 amide bonds. The molecule has 0 bridgehead atoms. The second-order valence-electron chi connectivity index (χ2n) is 2.25. The van der Waals surface area contributed by atoms with Gasteiger partial charge in [0.2, 0.25) is 0 Å². The van der Waals surface area contributed by atoms with Crippen LogP contribution in [0.4, 0.5) is 0 Å². The van der Waals surface area contributed by atoms with Gasteiger partial charge in [-0.3, -0.25) is 0 Å². The van der Waals surface area contributed by atoms with Crippen molar-refractivity contribution in [3.63, 3.8) is 0 Å². The highest BCUT2D eigenvalue weighted by molar-refractivity contribution is 7.91. The molecule has 0 unspecified atom stereocenters. The monoisotopic (exact) mass is 174 g/mol. The molecule has 1 aromatic heterocycles. The van der Waals surface area contributed by atoms with Crippen LogP contribution in [0.1, 0.15) is 11.6 Å². The summed E-state index contributed by atoms with van der Waals surface area (Å²) in [7, 11) is -3.24. The lowest BCUT2D eigenvalue weighted by Gasteiger charge is -1.89. The van der Waals surface area contributed by atoms with E-state index < -0.39 is 9.84 Å². The van der Waals surface area contributed by atoms with E-state index in [0.29, 0.717) is 11.6 Å². The molecule has 0 aliphatic heterocycles. The largest absolute Gasteiger partial charge is 0.449 e. The van der Waals surface area contributed by atoms with Crippen molar-refractivity contribution in [3.05, 3.63) is 24.1 Å². The zero-order valence-electron chi connectivity index (χ0n) is 6.07. The van der Waals surface area contributed by atoms with Gasteiger partial charge in [-0.15, -0.1) is 0 Å². The lowest BCUT2D eigenvalue weighted by atomic mass is 10.6. The Morgan fingerprint density at radius 3 is 2.73 bits per heavy atom. The summed E-state index contributed by atoms with van der Waals surface area (Å²) in [4.78, 5) is 3.81. The topological polar surface area (TPSA) is 60.2 Å². The zero-order chi connectivity index (χ0) is 8.48. The first-order valence-electron chi connectivity index (χ1n) is 2.94. The minimum atomic E-state index is -3.24. The van der Waals surface area contributed by atoms with Crippen LogP contribution >= 0.6 is 0 Å². The van der Waals surface area contributed by atoms with Gasteiger partial charge in [-0.1, -0.05) is 0 Å². The molecular formula is C6H8NO3S. The van der Waals surface area contributed by atoms with Gasteiger partial charge in [0.05, 0.1) is 17.7 Å². The van der Waals surface area contributed by atoms with Gasteiger partial charge in [-0.25, -0.2) is 13.4 Å². The summed E-state index contributed by atoms with van der Waals surface area (Å²) in [6, 6.07) is 0. The molecule has 4 nitrogen and oxygen atoms in total. The van der Waals surface area contributed by atoms with Crippen molar-refractivity contribution in [1.29, 1.82) is 0 Å². The van der Waals surface area contributed by atoms with Gasteiger partial charge in [0, 0.05) is 6.92 Å². The maximum Gasteiger partial charge on any atom is 0.191 e. The first-order valence-corrected chi connectivity index (χ1v) is 4.76. The van der Waals surface area contributed by atoms with E-state index in [1.165, 1.54) is 6.26 Å². The third kappa shape index (κ3) is 2.71. The molecule has 1 aromatic rings. The Morgan fingerprint density at radius 1 is 1.73 bits per heavy atom. The summed E-state index contributed by atoms with van der Waals surface area (Å²) in [6.45, 7) is 1.65. The highest BCUT2D eigenvalue weighted by Crippen LogP contribution is 2.04. The average Bonchev–Trinajstić information content (AvgIpc) is 2.10. The van der Waals surface area contributed by atoms with Gasteiger partial charge < -0.3 is 4.42 Å². The molecule has 1 heterocycles. The Labute approximate surface area is 65.2 Å². The first-order chi connectivity index (χ1) is 4.97. The normalized spacial score (nSPS) is 11.8. The fraction of sp³-hybridized carbons (Fsp3) is 0.333. The Hall–Kier alpha value is -0.840. The third-order valence-corrected chi connectivity index (χ3v) is 1.77. The molecule has 0 aliphatic carbocycles. The van der Waals surface area contributed by atoms with Crippen molar-refractivity contribution in [2.24, 2.45) is 0 Å². The highest BCUT2D eigenvalue weighted by atomic mass is 32.2. The van der Waals surface area contributed by atoms with E-state index in [9.17, 15) is 8.42 Å². The van der Waals surface area contributed by atoms with E-state index in [1.807, 2.05) is 0 Å². The fourth-order valence-electron chi connectivity index (χ4n) is 0.700. The fourth-order valence-corrected chi connectivity index (χ4v) is 1.28. The van der Waals surface area contributed by atoms with E-state index in [2.05, 4.69) is 11.2 Å². The summed E-state index contributed by atoms with van der Waals surface area (Å²) in [5, 5.41) is 0. The molecule has 0 N–H and O–H groups in total. The lowest BCUT2D eigenvalue weighted by molar-refractivity contribution is 0.520. The first kappa shape index (κ1) is 8.26. The number of rotatable bonds is 2. The Kier molecular flexibility index (Phi) is 1.99. The number of aryl methyl sites for hydroxylation is 1. The number of hydrogen-bond acceptors (Lipinski definition) is 4. The number of aromatic nitrogens is 1. The summed E-state index contributed by atoms with van der Waals surface area (Å²) < 4.78 is 26.0. The van der Waals surface area contributed by atoms with Gasteiger partial charge in [0.25, 0.3) is 0 Å². The van der Waals surface area contributed by atoms with Crippen LogP contribution in [-0.4, -0.2) is 13.4 Å². The molecule has 0 fully saturated rings. The second kappa shape index (κ2) is 2.65. The molecule has 11 heavy (non-hydrogen) atoms. The summed E-state index contributed by atoms with van der Waals surface area (Å²) in [6.07, 6.45) is 4.28. The minimum Gasteiger partial charge on any atom is -0.449 e. The van der Waals surface area contributed by atoms with Crippen LogP contribution in [0, 0.1) is 13.2 Å². The van der Waals surface area contributed by atoms with Crippen LogP contribution in [0.25, 0.3) is 0 Å². The van der Waals surface area contributed by atoms with Gasteiger partial charge in [-0.05, 0) is 0 Å². The minimum absolute atomic E-state index is 0.162. The number of hydrogen-bond donors (Lipinski definition) is 0. The standard InChI is InChI=1S/C6H8NO3S/c1-5-7-6(3-10-5)4-11(2,8)9/h3H,2,4H2,1H3. The highest BCUT2D eigenvalue weighted by Gasteiger charge is 2.07. The van der Waals surface area contributed by atoms with E-state index in [1.54, 1.807) is 6.92 Å². The van der Waals surface area contributed by atoms with Crippen molar-refractivity contribution >= 4 is 9.84 Å².